The minimum atomic E-state index is 0.498. The number of methoxy groups -OCH3 is 1. The Bertz CT molecular complexity index is 482. The Hall–Kier alpha value is -1.36. The molecular formula is C10H9BrN2O2. The molecule has 2 rings (SSSR count). The van der Waals surface area contributed by atoms with Gasteiger partial charge in [0.2, 0.25) is 0 Å². The smallest absolute Gasteiger partial charge is 0.258 e. The lowest BCUT2D eigenvalue weighted by molar-refractivity contribution is 0.410. The molecule has 1 heterocycles. The fourth-order valence-corrected chi connectivity index (χ4v) is 1.62. The average Bonchev–Trinajstić information content (AvgIpc) is 2.66. The van der Waals surface area contributed by atoms with Gasteiger partial charge < -0.3 is 9.26 Å². The van der Waals surface area contributed by atoms with Crippen molar-refractivity contribution < 1.29 is 9.26 Å². The summed E-state index contributed by atoms with van der Waals surface area (Å²) < 4.78 is 11.1. The quantitative estimate of drug-likeness (QED) is 0.841. The Morgan fingerprint density at radius 1 is 1.40 bits per heavy atom. The zero-order valence-corrected chi connectivity index (χ0v) is 9.91. The molecule has 0 saturated heterocycles. The Kier molecular flexibility index (Phi) is 2.73. The van der Waals surface area contributed by atoms with Crippen LogP contribution in [0.3, 0.4) is 0 Å². The predicted molar refractivity (Wildman–Crippen MR) is 58.7 cm³/mol. The number of halogens is 1. The van der Waals surface area contributed by atoms with Crippen LogP contribution in [0.25, 0.3) is 11.5 Å². The predicted octanol–water partition coefficient (Wildman–Crippen LogP) is 2.82. The summed E-state index contributed by atoms with van der Waals surface area (Å²) in [7, 11) is 1.61. The Morgan fingerprint density at radius 3 is 2.80 bits per heavy atom. The zero-order valence-electron chi connectivity index (χ0n) is 8.32. The SMILES string of the molecule is COc1cc(-c2nc(C)no2)ccc1Br. The zero-order chi connectivity index (χ0) is 10.8. The standard InChI is InChI=1S/C10H9BrN2O2/c1-6-12-10(15-13-6)7-3-4-8(11)9(5-7)14-2/h3-5H,1-2H3. The van der Waals surface area contributed by atoms with Crippen molar-refractivity contribution in [2.75, 3.05) is 7.11 Å². The molecule has 2 aromatic rings. The summed E-state index contributed by atoms with van der Waals surface area (Å²) in [6.45, 7) is 1.78. The molecule has 0 N–H and O–H groups in total. The molecule has 1 aromatic carbocycles. The van der Waals surface area contributed by atoms with Gasteiger partial charge in [-0.2, -0.15) is 4.98 Å². The van der Waals surface area contributed by atoms with E-state index in [1.165, 1.54) is 0 Å². The molecule has 0 aliphatic heterocycles. The van der Waals surface area contributed by atoms with E-state index in [2.05, 4.69) is 26.1 Å². The van der Waals surface area contributed by atoms with Gasteiger partial charge >= 0.3 is 0 Å². The van der Waals surface area contributed by atoms with Crippen molar-refractivity contribution in [2.45, 2.75) is 6.92 Å². The van der Waals surface area contributed by atoms with Crippen LogP contribution in [0.5, 0.6) is 5.75 Å². The van der Waals surface area contributed by atoms with Gasteiger partial charge in [-0.3, -0.25) is 0 Å². The summed E-state index contributed by atoms with van der Waals surface area (Å²) in [6.07, 6.45) is 0. The number of aryl methyl sites for hydroxylation is 1. The third kappa shape index (κ3) is 2.02. The summed E-state index contributed by atoms with van der Waals surface area (Å²) in [5, 5.41) is 3.73. The maximum Gasteiger partial charge on any atom is 0.258 e. The summed E-state index contributed by atoms with van der Waals surface area (Å²) in [6, 6.07) is 5.62. The first-order valence-corrected chi connectivity index (χ1v) is 5.14. The summed E-state index contributed by atoms with van der Waals surface area (Å²) in [4.78, 5) is 4.14. The summed E-state index contributed by atoms with van der Waals surface area (Å²) in [5.74, 6) is 1.86. The molecule has 15 heavy (non-hydrogen) atoms. The molecule has 0 fully saturated rings. The molecule has 0 amide bonds. The highest BCUT2D eigenvalue weighted by Gasteiger charge is 2.08. The van der Waals surface area contributed by atoms with E-state index in [0.717, 1.165) is 15.8 Å². The molecule has 0 bridgehead atoms. The third-order valence-corrected chi connectivity index (χ3v) is 2.58. The van der Waals surface area contributed by atoms with Gasteiger partial charge in [-0.15, -0.1) is 0 Å². The van der Waals surface area contributed by atoms with E-state index in [0.29, 0.717) is 11.7 Å². The van der Waals surface area contributed by atoms with Gasteiger partial charge in [0, 0.05) is 5.56 Å². The van der Waals surface area contributed by atoms with Gasteiger partial charge in [-0.25, -0.2) is 0 Å². The van der Waals surface area contributed by atoms with E-state index < -0.39 is 0 Å². The fraction of sp³-hybridized carbons (Fsp3) is 0.200. The Balaban J connectivity index is 2.45. The number of nitrogens with zero attached hydrogens (tertiary/aromatic N) is 2. The van der Waals surface area contributed by atoms with Crippen LogP contribution in [0.15, 0.2) is 27.2 Å². The number of hydrogen-bond donors (Lipinski definition) is 0. The highest BCUT2D eigenvalue weighted by molar-refractivity contribution is 9.10. The van der Waals surface area contributed by atoms with E-state index in [1.54, 1.807) is 14.0 Å². The Labute approximate surface area is 95.4 Å². The van der Waals surface area contributed by atoms with Gasteiger partial charge in [0.05, 0.1) is 11.6 Å². The van der Waals surface area contributed by atoms with Crippen molar-refractivity contribution in [2.24, 2.45) is 0 Å². The van der Waals surface area contributed by atoms with E-state index in [-0.39, 0.29) is 0 Å². The second kappa shape index (κ2) is 4.02. The van der Waals surface area contributed by atoms with E-state index >= 15 is 0 Å². The number of ether oxygens (including phenoxy) is 1. The molecular weight excluding hydrogens is 260 g/mol. The van der Waals surface area contributed by atoms with Crippen LogP contribution in [0, 0.1) is 6.92 Å². The molecule has 0 aliphatic rings. The van der Waals surface area contributed by atoms with Crippen molar-refractivity contribution in [3.63, 3.8) is 0 Å². The molecule has 0 atom stereocenters. The molecule has 4 nitrogen and oxygen atoms in total. The third-order valence-electron chi connectivity index (χ3n) is 1.93. The topological polar surface area (TPSA) is 48.2 Å². The molecule has 0 aliphatic carbocycles. The number of rotatable bonds is 2. The van der Waals surface area contributed by atoms with Crippen molar-refractivity contribution in [3.8, 4) is 17.2 Å². The normalized spacial score (nSPS) is 10.3. The molecule has 78 valence electrons. The number of aromatic nitrogens is 2. The molecule has 0 saturated carbocycles. The Morgan fingerprint density at radius 2 is 2.20 bits per heavy atom. The largest absolute Gasteiger partial charge is 0.496 e. The maximum absolute atomic E-state index is 5.18. The van der Waals surface area contributed by atoms with E-state index in [1.807, 2.05) is 18.2 Å². The number of hydrogen-bond acceptors (Lipinski definition) is 4. The van der Waals surface area contributed by atoms with Crippen LogP contribution in [0.1, 0.15) is 5.82 Å². The first-order chi connectivity index (χ1) is 7.20. The lowest BCUT2D eigenvalue weighted by Gasteiger charge is -2.03. The van der Waals surface area contributed by atoms with Crippen LogP contribution in [0.4, 0.5) is 0 Å². The van der Waals surface area contributed by atoms with E-state index in [4.69, 9.17) is 9.26 Å². The van der Waals surface area contributed by atoms with Crippen molar-refractivity contribution in [1.29, 1.82) is 0 Å². The molecule has 0 radical (unpaired) electrons. The number of benzene rings is 1. The van der Waals surface area contributed by atoms with Crippen molar-refractivity contribution in [1.82, 2.24) is 10.1 Å². The lowest BCUT2D eigenvalue weighted by atomic mass is 10.2. The molecule has 1 aromatic heterocycles. The maximum atomic E-state index is 5.18. The van der Waals surface area contributed by atoms with Crippen molar-refractivity contribution >= 4 is 15.9 Å². The summed E-state index contributed by atoms with van der Waals surface area (Å²) in [5.41, 5.74) is 0.843. The lowest BCUT2D eigenvalue weighted by Crippen LogP contribution is -1.86. The van der Waals surface area contributed by atoms with Gasteiger partial charge in [-0.1, -0.05) is 5.16 Å². The van der Waals surface area contributed by atoms with Crippen LogP contribution in [0.2, 0.25) is 0 Å². The van der Waals surface area contributed by atoms with Crippen LogP contribution in [-0.2, 0) is 0 Å². The molecule has 5 heteroatoms. The van der Waals surface area contributed by atoms with Crippen LogP contribution >= 0.6 is 15.9 Å². The molecule has 0 unspecified atom stereocenters. The fourth-order valence-electron chi connectivity index (χ4n) is 1.21. The van der Waals surface area contributed by atoms with Gasteiger partial charge in [0.25, 0.3) is 5.89 Å². The average molecular weight is 269 g/mol. The van der Waals surface area contributed by atoms with Gasteiger partial charge in [0.1, 0.15) is 5.75 Å². The van der Waals surface area contributed by atoms with Gasteiger partial charge in [0.15, 0.2) is 5.82 Å². The van der Waals surface area contributed by atoms with Gasteiger partial charge in [-0.05, 0) is 41.1 Å². The minimum Gasteiger partial charge on any atom is -0.496 e. The van der Waals surface area contributed by atoms with Crippen LogP contribution < -0.4 is 4.74 Å². The molecule has 0 spiro atoms. The highest BCUT2D eigenvalue weighted by atomic mass is 79.9. The monoisotopic (exact) mass is 268 g/mol. The highest BCUT2D eigenvalue weighted by Crippen LogP contribution is 2.29. The second-order valence-electron chi connectivity index (χ2n) is 3.00. The first kappa shape index (κ1) is 10.2. The van der Waals surface area contributed by atoms with Crippen molar-refractivity contribution in [3.05, 3.63) is 28.5 Å². The minimum absolute atomic E-state index is 0.498. The van der Waals surface area contributed by atoms with Crippen LogP contribution in [-0.4, -0.2) is 17.3 Å². The summed E-state index contributed by atoms with van der Waals surface area (Å²) >= 11 is 3.38. The second-order valence-corrected chi connectivity index (χ2v) is 3.85. The van der Waals surface area contributed by atoms with E-state index in [9.17, 15) is 0 Å². The first-order valence-electron chi connectivity index (χ1n) is 4.35.